The van der Waals surface area contributed by atoms with E-state index in [4.69, 9.17) is 19.9 Å². The molecular weight excluding hydrogens is 451 g/mol. The zero-order chi connectivity index (χ0) is 24.4. The van der Waals surface area contributed by atoms with Crippen LogP contribution in [-0.4, -0.2) is 34.2 Å². The van der Waals surface area contributed by atoms with Gasteiger partial charge in [0.2, 0.25) is 0 Å². The number of nitrogens with two attached hydrogens (primary N) is 1. The second-order valence-electron chi connectivity index (χ2n) is 9.39. The van der Waals surface area contributed by atoms with Gasteiger partial charge in [-0.1, -0.05) is 6.07 Å². The van der Waals surface area contributed by atoms with Crippen molar-refractivity contribution in [1.82, 2.24) is 9.97 Å². The first-order valence-electron chi connectivity index (χ1n) is 11.1. The second-order valence-corrected chi connectivity index (χ2v) is 9.39. The Bertz CT molecular complexity index is 1450. The molecule has 3 aliphatic rings. The molecule has 0 amide bonds. The lowest BCUT2D eigenvalue weighted by molar-refractivity contribution is -0.150. The van der Waals surface area contributed by atoms with Crippen molar-refractivity contribution in [2.45, 2.75) is 31.4 Å². The van der Waals surface area contributed by atoms with Crippen LogP contribution in [0.25, 0.3) is 16.7 Å². The zero-order valence-corrected chi connectivity index (χ0v) is 19.0. The number of benzene rings is 2. The van der Waals surface area contributed by atoms with E-state index in [1.807, 2.05) is 12.1 Å². The summed E-state index contributed by atoms with van der Waals surface area (Å²) in [5.41, 5.74) is 8.01. The molecular formula is C26H21FN4O4. The average Bonchev–Trinajstić information content (AvgIpc) is 3.20. The molecule has 1 spiro atoms. The largest absolute Gasteiger partial charge is 0.462 e. The maximum Gasteiger partial charge on any atom is 0.331 e. The number of aliphatic imine (C=N–C) groups is 1. The van der Waals surface area contributed by atoms with E-state index in [0.29, 0.717) is 29.1 Å². The first-order valence-corrected chi connectivity index (χ1v) is 11.1. The fourth-order valence-corrected chi connectivity index (χ4v) is 4.91. The first-order chi connectivity index (χ1) is 16.7. The minimum atomic E-state index is -1.05. The van der Waals surface area contributed by atoms with Crippen molar-refractivity contribution < 1.29 is 23.4 Å². The van der Waals surface area contributed by atoms with E-state index in [0.717, 1.165) is 16.7 Å². The Morgan fingerprint density at radius 3 is 2.51 bits per heavy atom. The van der Waals surface area contributed by atoms with E-state index in [-0.39, 0.29) is 18.2 Å². The number of amidine groups is 1. The molecule has 0 bridgehead atoms. The lowest BCUT2D eigenvalue weighted by atomic mass is 9.78. The summed E-state index contributed by atoms with van der Waals surface area (Å²) in [4.78, 5) is 25.1. The molecule has 35 heavy (non-hydrogen) atoms. The Labute approximate surface area is 200 Å². The monoisotopic (exact) mass is 472 g/mol. The number of hydrogen-bond donors (Lipinski definition) is 1. The van der Waals surface area contributed by atoms with E-state index in [9.17, 15) is 4.79 Å². The van der Waals surface area contributed by atoms with Gasteiger partial charge < -0.3 is 19.9 Å². The SMILES string of the molecule is CC1(C)CC(c2cc3c(cc2F)Oc2ccc(-c4cncnc4)cc2[C@@]32COC(N)=N2)=CC(=O)O1. The Morgan fingerprint density at radius 1 is 1.03 bits per heavy atom. The minimum Gasteiger partial charge on any atom is -0.462 e. The number of halogens is 1. The van der Waals surface area contributed by atoms with Gasteiger partial charge in [-0.25, -0.2) is 24.1 Å². The average molecular weight is 472 g/mol. The highest BCUT2D eigenvalue weighted by Gasteiger charge is 2.48. The molecule has 0 radical (unpaired) electrons. The first kappa shape index (κ1) is 21.3. The molecule has 2 N–H and O–H groups in total. The number of cyclic esters (lactones) is 1. The Balaban J connectivity index is 1.54. The highest BCUT2D eigenvalue weighted by Crippen LogP contribution is 2.53. The van der Waals surface area contributed by atoms with Crippen LogP contribution in [0.15, 0.2) is 60.1 Å². The molecule has 176 valence electrons. The standard InChI is InChI=1S/C26H21FN4O4/c1-25(2)9-15(6-23(32)35-25)17-7-19-22(8-20(17)27)34-21-4-3-14(16-10-29-13-30-11-16)5-18(21)26(19)12-33-24(28)31-26/h3-8,10-11,13H,9,12H2,1-2H3,(H2,28,31)/t26-/m0/s1. The van der Waals surface area contributed by atoms with Crippen LogP contribution in [-0.2, 0) is 19.8 Å². The Kier molecular flexibility index (Phi) is 4.48. The van der Waals surface area contributed by atoms with Crippen LogP contribution < -0.4 is 10.5 Å². The van der Waals surface area contributed by atoms with Crippen molar-refractivity contribution in [3.63, 3.8) is 0 Å². The fraction of sp³-hybridized carbons (Fsp3) is 0.231. The van der Waals surface area contributed by atoms with Gasteiger partial charge >= 0.3 is 5.97 Å². The zero-order valence-electron chi connectivity index (χ0n) is 19.0. The van der Waals surface area contributed by atoms with E-state index in [1.165, 1.54) is 18.5 Å². The van der Waals surface area contributed by atoms with Gasteiger partial charge in [-0.05, 0) is 43.2 Å². The Hall–Kier alpha value is -4.27. The van der Waals surface area contributed by atoms with E-state index in [2.05, 4.69) is 15.0 Å². The van der Waals surface area contributed by atoms with Gasteiger partial charge in [0.05, 0.1) is 0 Å². The van der Waals surface area contributed by atoms with Crippen LogP contribution in [0.2, 0.25) is 0 Å². The summed E-state index contributed by atoms with van der Waals surface area (Å²) in [5, 5.41) is 0. The lowest BCUT2D eigenvalue weighted by Gasteiger charge is -2.35. The summed E-state index contributed by atoms with van der Waals surface area (Å²) in [5.74, 6) is -0.178. The van der Waals surface area contributed by atoms with Crippen LogP contribution in [0.5, 0.6) is 11.5 Å². The van der Waals surface area contributed by atoms with Crippen molar-refractivity contribution in [2.75, 3.05) is 6.61 Å². The number of ether oxygens (including phenoxy) is 3. The van der Waals surface area contributed by atoms with Gasteiger partial charge in [-0.3, -0.25) is 0 Å². The number of hydrogen-bond acceptors (Lipinski definition) is 8. The van der Waals surface area contributed by atoms with Gasteiger partial charge in [-0.2, -0.15) is 0 Å². The molecule has 1 atom stereocenters. The maximum absolute atomic E-state index is 15.4. The molecule has 1 aromatic heterocycles. The summed E-state index contributed by atoms with van der Waals surface area (Å²) >= 11 is 0. The van der Waals surface area contributed by atoms with Crippen molar-refractivity contribution in [1.29, 1.82) is 0 Å². The molecule has 0 unspecified atom stereocenters. The molecule has 8 nitrogen and oxygen atoms in total. The van der Waals surface area contributed by atoms with Crippen molar-refractivity contribution in [2.24, 2.45) is 10.7 Å². The van der Waals surface area contributed by atoms with Crippen LogP contribution in [0, 0.1) is 5.82 Å². The lowest BCUT2D eigenvalue weighted by Crippen LogP contribution is -2.33. The molecule has 0 saturated carbocycles. The topological polar surface area (TPSA) is 109 Å². The molecule has 3 aromatic rings. The third-order valence-electron chi connectivity index (χ3n) is 6.41. The molecule has 6 rings (SSSR count). The molecule has 0 aliphatic carbocycles. The normalized spacial score (nSPS) is 21.7. The maximum atomic E-state index is 15.4. The summed E-state index contributed by atoms with van der Waals surface area (Å²) in [6.07, 6.45) is 6.58. The summed E-state index contributed by atoms with van der Waals surface area (Å²) in [6.45, 7) is 3.70. The van der Waals surface area contributed by atoms with E-state index in [1.54, 1.807) is 38.4 Å². The predicted molar refractivity (Wildman–Crippen MR) is 125 cm³/mol. The predicted octanol–water partition coefficient (Wildman–Crippen LogP) is 4.09. The van der Waals surface area contributed by atoms with Gasteiger partial charge in [0, 0.05) is 53.2 Å². The number of esters is 1. The number of nitrogens with zero attached hydrogens (tertiary/aromatic N) is 3. The van der Waals surface area contributed by atoms with Crippen LogP contribution in [0.1, 0.15) is 37.0 Å². The van der Waals surface area contributed by atoms with Gasteiger partial charge in [-0.15, -0.1) is 0 Å². The summed E-state index contributed by atoms with van der Waals surface area (Å²) in [7, 11) is 0. The number of aromatic nitrogens is 2. The number of carbonyl (C=O) groups is 1. The van der Waals surface area contributed by atoms with Crippen LogP contribution >= 0.6 is 0 Å². The van der Waals surface area contributed by atoms with Crippen molar-refractivity contribution >= 4 is 17.6 Å². The molecule has 9 heteroatoms. The summed E-state index contributed by atoms with van der Waals surface area (Å²) < 4.78 is 32.5. The van der Waals surface area contributed by atoms with E-state index < -0.39 is 22.9 Å². The van der Waals surface area contributed by atoms with Gasteiger partial charge in [0.25, 0.3) is 6.02 Å². The highest BCUT2D eigenvalue weighted by atomic mass is 19.1. The highest BCUT2D eigenvalue weighted by molar-refractivity contribution is 5.94. The number of fused-ring (bicyclic) bond motifs is 4. The third kappa shape index (κ3) is 3.42. The third-order valence-corrected chi connectivity index (χ3v) is 6.41. The van der Waals surface area contributed by atoms with Crippen LogP contribution in [0.3, 0.4) is 0 Å². The minimum absolute atomic E-state index is 0.0321. The van der Waals surface area contributed by atoms with Gasteiger partial charge in [0.15, 0.2) is 5.54 Å². The van der Waals surface area contributed by atoms with Crippen LogP contribution in [0.4, 0.5) is 4.39 Å². The molecule has 3 aliphatic heterocycles. The van der Waals surface area contributed by atoms with E-state index >= 15 is 4.39 Å². The Morgan fingerprint density at radius 2 is 1.80 bits per heavy atom. The second kappa shape index (κ2) is 7.36. The number of carbonyl (C=O) groups excluding carboxylic acids is 1. The molecule has 0 fully saturated rings. The smallest absolute Gasteiger partial charge is 0.331 e. The van der Waals surface area contributed by atoms with Crippen molar-refractivity contribution in [3.05, 3.63) is 77.6 Å². The fourth-order valence-electron chi connectivity index (χ4n) is 4.91. The summed E-state index contributed by atoms with van der Waals surface area (Å²) in [6, 6.07) is 8.66. The molecule has 4 heterocycles. The molecule has 0 saturated heterocycles. The van der Waals surface area contributed by atoms with Crippen molar-refractivity contribution in [3.8, 4) is 22.6 Å². The number of rotatable bonds is 2. The van der Waals surface area contributed by atoms with Gasteiger partial charge in [0.1, 0.15) is 35.9 Å². The quantitative estimate of drug-likeness (QED) is 0.560. The molecule has 2 aromatic carbocycles.